The minimum absolute atomic E-state index is 0.0881. The predicted octanol–water partition coefficient (Wildman–Crippen LogP) is 1.06. The van der Waals surface area contributed by atoms with Gasteiger partial charge < -0.3 is 9.80 Å². The third-order valence-electron chi connectivity index (χ3n) is 3.84. The van der Waals surface area contributed by atoms with E-state index in [0.717, 1.165) is 6.26 Å². The Kier molecular flexibility index (Phi) is 4.88. The highest BCUT2D eigenvalue weighted by molar-refractivity contribution is 7.90. The summed E-state index contributed by atoms with van der Waals surface area (Å²) in [5.41, 5.74) is 0.190. The lowest BCUT2D eigenvalue weighted by Crippen LogP contribution is -2.48. The lowest BCUT2D eigenvalue weighted by molar-refractivity contribution is -0.387. The molecule has 1 fully saturated rings. The fourth-order valence-corrected chi connectivity index (χ4v) is 3.44. The molecule has 0 bridgehead atoms. The number of sulfone groups is 1. The van der Waals surface area contributed by atoms with E-state index in [4.69, 9.17) is 0 Å². The van der Waals surface area contributed by atoms with Crippen LogP contribution in [0, 0.1) is 10.1 Å². The number of amides is 1. The van der Waals surface area contributed by atoms with Gasteiger partial charge in [0.25, 0.3) is 5.69 Å². The van der Waals surface area contributed by atoms with Crippen molar-refractivity contribution in [2.75, 3.05) is 37.3 Å². The number of piperazine rings is 1. The molecule has 1 amide bonds. The lowest BCUT2D eigenvalue weighted by atomic mass is 10.2. The zero-order valence-corrected chi connectivity index (χ0v) is 13.9. The third kappa shape index (κ3) is 3.79. The molecule has 1 aromatic rings. The lowest BCUT2D eigenvalue weighted by Gasteiger charge is -2.36. The van der Waals surface area contributed by atoms with Gasteiger partial charge in [0.2, 0.25) is 5.91 Å². The van der Waals surface area contributed by atoms with Gasteiger partial charge in [0.1, 0.15) is 4.90 Å². The fraction of sp³-hybridized carbons (Fsp3) is 0.500. The van der Waals surface area contributed by atoms with Crippen molar-refractivity contribution in [3.8, 4) is 0 Å². The maximum Gasteiger partial charge on any atom is 0.288 e. The van der Waals surface area contributed by atoms with Crippen molar-refractivity contribution in [2.24, 2.45) is 0 Å². The van der Waals surface area contributed by atoms with Crippen LogP contribution in [0.1, 0.15) is 13.3 Å². The minimum atomic E-state index is -3.70. The highest BCUT2D eigenvalue weighted by atomic mass is 32.2. The van der Waals surface area contributed by atoms with Crippen molar-refractivity contribution in [1.29, 1.82) is 0 Å². The summed E-state index contributed by atoms with van der Waals surface area (Å²) in [6, 6.07) is 4.10. The van der Waals surface area contributed by atoms with Gasteiger partial charge in [0.05, 0.1) is 4.92 Å². The summed E-state index contributed by atoms with van der Waals surface area (Å²) in [6.45, 7) is 4.04. The monoisotopic (exact) mass is 341 g/mol. The maximum absolute atomic E-state index is 11.8. The average Bonchev–Trinajstić information content (AvgIpc) is 2.52. The van der Waals surface area contributed by atoms with Gasteiger partial charge in [-0.2, -0.15) is 0 Å². The zero-order valence-electron chi connectivity index (χ0n) is 13.1. The number of nitrogens with zero attached hydrogens (tertiary/aromatic N) is 3. The Balaban J connectivity index is 2.25. The van der Waals surface area contributed by atoms with Crippen LogP contribution >= 0.6 is 0 Å². The van der Waals surface area contributed by atoms with Gasteiger partial charge in [-0.15, -0.1) is 0 Å². The molecule has 126 valence electrons. The molecule has 0 atom stereocenters. The SMILES string of the molecule is CCC(=O)N1CCN(c2ccc([N+](=O)[O-])c(S(C)(=O)=O)c2)CC1. The van der Waals surface area contributed by atoms with Crippen LogP contribution in [0.2, 0.25) is 0 Å². The van der Waals surface area contributed by atoms with Gasteiger partial charge in [0, 0.05) is 50.6 Å². The topological polar surface area (TPSA) is 101 Å². The smallest absolute Gasteiger partial charge is 0.288 e. The molecule has 0 spiro atoms. The minimum Gasteiger partial charge on any atom is -0.368 e. The third-order valence-corrected chi connectivity index (χ3v) is 4.97. The van der Waals surface area contributed by atoms with E-state index in [1.54, 1.807) is 11.0 Å². The molecule has 1 aromatic carbocycles. The Morgan fingerprint density at radius 2 is 1.87 bits per heavy atom. The molecule has 1 heterocycles. The van der Waals surface area contributed by atoms with Gasteiger partial charge in [-0.3, -0.25) is 14.9 Å². The number of benzene rings is 1. The number of hydrogen-bond acceptors (Lipinski definition) is 6. The number of nitro groups is 1. The van der Waals surface area contributed by atoms with E-state index in [1.165, 1.54) is 12.1 Å². The molecule has 0 radical (unpaired) electrons. The summed E-state index contributed by atoms with van der Waals surface area (Å²) in [7, 11) is -3.70. The highest BCUT2D eigenvalue weighted by Gasteiger charge is 2.25. The Morgan fingerprint density at radius 1 is 1.26 bits per heavy atom. The normalized spacial score (nSPS) is 15.6. The highest BCUT2D eigenvalue weighted by Crippen LogP contribution is 2.29. The van der Waals surface area contributed by atoms with Crippen molar-refractivity contribution in [1.82, 2.24) is 4.90 Å². The molecule has 2 rings (SSSR count). The standard InChI is InChI=1S/C14H19N3O5S/c1-3-14(18)16-8-6-15(7-9-16)11-4-5-12(17(19)20)13(10-11)23(2,21)22/h4-5,10H,3,6-9H2,1-2H3. The second-order valence-electron chi connectivity index (χ2n) is 5.40. The van der Waals surface area contributed by atoms with E-state index in [0.29, 0.717) is 38.3 Å². The van der Waals surface area contributed by atoms with Crippen LogP contribution in [0.25, 0.3) is 0 Å². The van der Waals surface area contributed by atoms with E-state index in [1.807, 2.05) is 11.8 Å². The first-order chi connectivity index (χ1) is 10.7. The molecule has 0 saturated carbocycles. The molecule has 8 nitrogen and oxygen atoms in total. The Labute approximate surface area is 134 Å². The van der Waals surface area contributed by atoms with Gasteiger partial charge in [-0.1, -0.05) is 6.92 Å². The van der Waals surface area contributed by atoms with E-state index in [-0.39, 0.29) is 10.8 Å². The quantitative estimate of drug-likeness (QED) is 0.599. The van der Waals surface area contributed by atoms with Crippen molar-refractivity contribution in [3.63, 3.8) is 0 Å². The van der Waals surface area contributed by atoms with Gasteiger partial charge in [0.15, 0.2) is 9.84 Å². The molecule has 1 saturated heterocycles. The number of carbonyl (C=O) groups excluding carboxylic acids is 1. The number of carbonyl (C=O) groups is 1. The van der Waals surface area contributed by atoms with Gasteiger partial charge in [-0.05, 0) is 12.1 Å². The molecule has 0 N–H and O–H groups in total. The second kappa shape index (κ2) is 6.53. The summed E-state index contributed by atoms with van der Waals surface area (Å²) in [5, 5.41) is 11.0. The van der Waals surface area contributed by atoms with E-state index in [2.05, 4.69) is 0 Å². The van der Waals surface area contributed by atoms with Crippen LogP contribution in [-0.4, -0.2) is 56.6 Å². The predicted molar refractivity (Wildman–Crippen MR) is 85.3 cm³/mol. The molecule has 1 aliphatic rings. The molecule has 1 aliphatic heterocycles. The first-order valence-electron chi connectivity index (χ1n) is 7.25. The summed E-state index contributed by atoms with van der Waals surface area (Å²) < 4.78 is 23.6. The molecule has 0 aromatic heterocycles. The van der Waals surface area contributed by atoms with Crippen molar-refractivity contribution < 1.29 is 18.1 Å². The summed E-state index contributed by atoms with van der Waals surface area (Å²) >= 11 is 0. The molecular weight excluding hydrogens is 322 g/mol. The largest absolute Gasteiger partial charge is 0.368 e. The van der Waals surface area contributed by atoms with Crippen LogP contribution < -0.4 is 4.90 Å². The molecule has 0 aliphatic carbocycles. The summed E-state index contributed by atoms with van der Waals surface area (Å²) in [4.78, 5) is 25.4. The van der Waals surface area contributed by atoms with Crippen LogP contribution in [-0.2, 0) is 14.6 Å². The van der Waals surface area contributed by atoms with E-state index < -0.39 is 20.4 Å². The molecule has 9 heteroatoms. The van der Waals surface area contributed by atoms with E-state index in [9.17, 15) is 23.3 Å². The van der Waals surface area contributed by atoms with Crippen LogP contribution in [0.5, 0.6) is 0 Å². The van der Waals surface area contributed by atoms with Crippen molar-refractivity contribution in [2.45, 2.75) is 18.2 Å². The van der Waals surface area contributed by atoms with Crippen molar-refractivity contribution in [3.05, 3.63) is 28.3 Å². The Bertz CT molecular complexity index is 724. The first-order valence-corrected chi connectivity index (χ1v) is 9.14. The number of anilines is 1. The number of nitro benzene ring substituents is 1. The van der Waals surface area contributed by atoms with Crippen molar-refractivity contribution >= 4 is 27.1 Å². The average molecular weight is 341 g/mol. The van der Waals surface area contributed by atoms with E-state index >= 15 is 0 Å². The second-order valence-corrected chi connectivity index (χ2v) is 7.39. The van der Waals surface area contributed by atoms with Gasteiger partial charge >= 0.3 is 0 Å². The van der Waals surface area contributed by atoms with Crippen LogP contribution in [0.3, 0.4) is 0 Å². The Morgan fingerprint density at radius 3 is 2.35 bits per heavy atom. The van der Waals surface area contributed by atoms with Crippen LogP contribution in [0.4, 0.5) is 11.4 Å². The van der Waals surface area contributed by atoms with Crippen LogP contribution in [0.15, 0.2) is 23.1 Å². The fourth-order valence-electron chi connectivity index (χ4n) is 2.58. The number of rotatable bonds is 4. The maximum atomic E-state index is 11.8. The van der Waals surface area contributed by atoms with Gasteiger partial charge in [-0.25, -0.2) is 8.42 Å². The molecular formula is C14H19N3O5S. The first kappa shape index (κ1) is 17.2. The zero-order chi connectivity index (χ0) is 17.2. The molecule has 0 unspecified atom stereocenters. The summed E-state index contributed by atoms with van der Waals surface area (Å²) in [6.07, 6.45) is 1.41. The summed E-state index contributed by atoms with van der Waals surface area (Å²) in [5.74, 6) is 0.0881. The molecule has 23 heavy (non-hydrogen) atoms. The number of hydrogen-bond donors (Lipinski definition) is 0. The Hall–Kier alpha value is -2.16.